The third kappa shape index (κ3) is 4.86. The molecule has 46 heavy (non-hydrogen) atoms. The summed E-state index contributed by atoms with van der Waals surface area (Å²) in [5.74, 6) is -1.19. The molecule has 2 unspecified atom stereocenters. The quantitative estimate of drug-likeness (QED) is 0.286. The van der Waals surface area contributed by atoms with Crippen LogP contribution in [0.3, 0.4) is 0 Å². The monoisotopic (exact) mass is 631 g/mol. The van der Waals surface area contributed by atoms with E-state index in [1.54, 1.807) is 6.07 Å². The third-order valence-corrected chi connectivity index (χ3v) is 10.9. The van der Waals surface area contributed by atoms with E-state index in [4.69, 9.17) is 14.5 Å². The number of ether oxygens (including phenoxy) is 2. The topological polar surface area (TPSA) is 83.0 Å². The van der Waals surface area contributed by atoms with Crippen molar-refractivity contribution in [3.05, 3.63) is 53.8 Å². The average molecular weight is 632 g/mol. The number of phenols is 1. The Balaban J connectivity index is 1.09. The molecule has 0 amide bonds. The first-order valence-electron chi connectivity index (χ1n) is 16.4. The summed E-state index contributed by atoms with van der Waals surface area (Å²) in [4.78, 5) is 14.2. The molecule has 4 aliphatic heterocycles. The molecule has 4 saturated heterocycles. The lowest BCUT2D eigenvalue weighted by molar-refractivity contribution is 0.131. The van der Waals surface area contributed by atoms with Gasteiger partial charge in [-0.25, -0.2) is 13.2 Å². The second kappa shape index (κ2) is 10.7. The molecular weight excluding hydrogens is 595 g/mol. The van der Waals surface area contributed by atoms with Crippen molar-refractivity contribution in [3.8, 4) is 22.9 Å². The van der Waals surface area contributed by atoms with E-state index in [1.165, 1.54) is 24.3 Å². The number of hydrogen-bond acceptors (Lipinski definition) is 8. The molecule has 0 spiro atoms. The number of rotatable bonds is 7. The zero-order chi connectivity index (χ0) is 31.2. The van der Waals surface area contributed by atoms with Gasteiger partial charge in [-0.2, -0.15) is 9.97 Å². The molecule has 11 heteroatoms. The summed E-state index contributed by atoms with van der Waals surface area (Å²) < 4.78 is 58.2. The maximum atomic E-state index is 16.7. The van der Waals surface area contributed by atoms with Gasteiger partial charge in [0.05, 0.1) is 19.8 Å². The number of anilines is 1. The SMILES string of the molecule is Oc1cc(-c2ccc3c(N4CC5CCC(C4)N5)nc(OCC4(CN5C[C@H]6COC[C@@H]6C5)CC4)nc3c2F)c2c(F)c(F)ccc2c1. The van der Waals surface area contributed by atoms with Crippen molar-refractivity contribution in [3.63, 3.8) is 0 Å². The van der Waals surface area contributed by atoms with Crippen LogP contribution in [-0.4, -0.2) is 84.6 Å². The molecule has 4 atom stereocenters. The summed E-state index contributed by atoms with van der Waals surface area (Å²) in [5, 5.41) is 14.8. The fourth-order valence-corrected chi connectivity index (χ4v) is 8.33. The van der Waals surface area contributed by atoms with E-state index >= 15 is 8.78 Å². The van der Waals surface area contributed by atoms with Gasteiger partial charge in [-0.3, -0.25) is 0 Å². The molecule has 240 valence electrons. The lowest BCUT2D eigenvalue weighted by atomic mass is 9.95. The van der Waals surface area contributed by atoms with Gasteiger partial charge in [-0.05, 0) is 60.9 Å². The Morgan fingerprint density at radius 1 is 0.913 bits per heavy atom. The van der Waals surface area contributed by atoms with Crippen LogP contribution in [0.5, 0.6) is 11.8 Å². The number of benzene rings is 3. The number of hydrogen-bond donors (Lipinski definition) is 2. The van der Waals surface area contributed by atoms with Crippen LogP contribution in [0, 0.1) is 34.7 Å². The van der Waals surface area contributed by atoms with Crippen LogP contribution in [0.15, 0.2) is 36.4 Å². The van der Waals surface area contributed by atoms with E-state index < -0.39 is 17.5 Å². The molecule has 2 bridgehead atoms. The molecule has 5 heterocycles. The van der Waals surface area contributed by atoms with Crippen LogP contribution in [0.1, 0.15) is 25.7 Å². The Hall–Kier alpha value is -3.67. The number of aromatic nitrogens is 2. The number of halogens is 3. The zero-order valence-electron chi connectivity index (χ0n) is 25.4. The fourth-order valence-electron chi connectivity index (χ4n) is 8.33. The molecule has 1 aromatic heterocycles. The number of fused-ring (bicyclic) bond motifs is 5. The van der Waals surface area contributed by atoms with Gasteiger partial charge in [0.1, 0.15) is 17.1 Å². The predicted octanol–water partition coefficient (Wildman–Crippen LogP) is 5.25. The number of likely N-dealkylation sites (tertiary alicyclic amines) is 1. The van der Waals surface area contributed by atoms with Gasteiger partial charge in [-0.1, -0.05) is 12.1 Å². The highest BCUT2D eigenvalue weighted by Crippen LogP contribution is 2.48. The second-order valence-electron chi connectivity index (χ2n) is 14.2. The molecule has 4 aromatic rings. The molecule has 5 fully saturated rings. The van der Waals surface area contributed by atoms with E-state index in [0.29, 0.717) is 41.7 Å². The Labute approximate surface area is 264 Å². The summed E-state index contributed by atoms with van der Waals surface area (Å²) in [6.45, 7) is 6.66. The van der Waals surface area contributed by atoms with Crippen LogP contribution in [0.4, 0.5) is 19.0 Å². The van der Waals surface area contributed by atoms with E-state index in [9.17, 15) is 9.50 Å². The minimum absolute atomic E-state index is 0.0103. The Morgan fingerprint density at radius 2 is 1.67 bits per heavy atom. The summed E-state index contributed by atoms with van der Waals surface area (Å²) in [6, 6.07) is 9.01. The van der Waals surface area contributed by atoms with Gasteiger partial charge < -0.3 is 29.7 Å². The van der Waals surface area contributed by atoms with Crippen LogP contribution >= 0.6 is 0 Å². The molecule has 9 rings (SSSR count). The number of phenolic OH excluding ortho intramolecular Hbond substituents is 1. The zero-order valence-corrected chi connectivity index (χ0v) is 25.4. The van der Waals surface area contributed by atoms with Crippen molar-refractivity contribution in [2.45, 2.75) is 37.8 Å². The van der Waals surface area contributed by atoms with Gasteiger partial charge >= 0.3 is 6.01 Å². The first kappa shape index (κ1) is 28.5. The van der Waals surface area contributed by atoms with E-state index in [-0.39, 0.29) is 44.6 Å². The highest BCUT2D eigenvalue weighted by Gasteiger charge is 2.48. The summed E-state index contributed by atoms with van der Waals surface area (Å²) in [6.07, 6.45) is 4.27. The molecule has 0 radical (unpaired) electrons. The molecular formula is C35H36F3N5O3. The molecule has 5 aliphatic rings. The van der Waals surface area contributed by atoms with Crippen molar-refractivity contribution < 1.29 is 27.8 Å². The van der Waals surface area contributed by atoms with Gasteiger partial charge in [0, 0.05) is 78.4 Å². The lowest BCUT2D eigenvalue weighted by Gasteiger charge is -2.34. The minimum Gasteiger partial charge on any atom is -0.508 e. The molecule has 3 aromatic carbocycles. The first-order valence-corrected chi connectivity index (χ1v) is 16.4. The first-order chi connectivity index (χ1) is 22.3. The third-order valence-electron chi connectivity index (χ3n) is 10.9. The summed E-state index contributed by atoms with van der Waals surface area (Å²) in [7, 11) is 0. The number of nitrogens with one attached hydrogen (secondary N) is 1. The van der Waals surface area contributed by atoms with Crippen molar-refractivity contribution in [2.75, 3.05) is 57.4 Å². The van der Waals surface area contributed by atoms with Gasteiger partial charge in [-0.15, -0.1) is 0 Å². The average Bonchev–Trinajstić information content (AvgIpc) is 3.29. The number of nitrogens with zero attached hydrogens (tertiary/aromatic N) is 4. The van der Waals surface area contributed by atoms with Gasteiger partial charge in [0.15, 0.2) is 17.5 Å². The predicted molar refractivity (Wildman–Crippen MR) is 168 cm³/mol. The van der Waals surface area contributed by atoms with Crippen LogP contribution in [0.2, 0.25) is 0 Å². The van der Waals surface area contributed by atoms with E-state index in [0.717, 1.165) is 77.7 Å². The minimum atomic E-state index is -1.10. The highest BCUT2D eigenvalue weighted by molar-refractivity contribution is 6.01. The summed E-state index contributed by atoms with van der Waals surface area (Å²) >= 11 is 0. The largest absolute Gasteiger partial charge is 0.508 e. The van der Waals surface area contributed by atoms with Gasteiger partial charge in [0.2, 0.25) is 0 Å². The fraction of sp³-hybridized carbons (Fsp3) is 0.486. The summed E-state index contributed by atoms with van der Waals surface area (Å²) in [5.41, 5.74) is 0.131. The van der Waals surface area contributed by atoms with Crippen molar-refractivity contribution in [2.24, 2.45) is 17.3 Å². The number of piperazine rings is 1. The maximum Gasteiger partial charge on any atom is 0.319 e. The standard InChI is InChI=1S/C35H36F3N5O3/c36-28-6-1-19-9-24(44)10-27(29(19)31(28)38)25-4-5-26-32(30(25)37)40-34(41-33(26)43-13-22-2-3-23(14-43)39-22)46-18-35(7-8-35)17-42-11-20-15-45-16-21(20)12-42/h1,4-6,9-10,20-23,39,44H,2-3,7-8,11-18H2/t20-,21-,22?,23?/m0/s1. The Bertz CT molecular complexity index is 1850. The van der Waals surface area contributed by atoms with Crippen molar-refractivity contribution >= 4 is 27.5 Å². The number of aromatic hydroxyl groups is 1. The van der Waals surface area contributed by atoms with Crippen LogP contribution in [0.25, 0.3) is 32.8 Å². The normalized spacial score (nSPS) is 26.7. The van der Waals surface area contributed by atoms with Crippen LogP contribution in [-0.2, 0) is 4.74 Å². The smallest absolute Gasteiger partial charge is 0.319 e. The Kier molecular flexibility index (Phi) is 6.63. The van der Waals surface area contributed by atoms with E-state index in [2.05, 4.69) is 20.1 Å². The lowest BCUT2D eigenvalue weighted by Crippen LogP contribution is -2.51. The highest BCUT2D eigenvalue weighted by atomic mass is 19.2. The Morgan fingerprint density at radius 3 is 2.41 bits per heavy atom. The van der Waals surface area contributed by atoms with E-state index in [1.807, 2.05) is 0 Å². The van der Waals surface area contributed by atoms with Gasteiger partial charge in [0.25, 0.3) is 0 Å². The van der Waals surface area contributed by atoms with Crippen molar-refractivity contribution in [1.82, 2.24) is 20.2 Å². The van der Waals surface area contributed by atoms with Crippen LogP contribution < -0.4 is 15.0 Å². The maximum absolute atomic E-state index is 16.7. The molecule has 8 nitrogen and oxygen atoms in total. The second-order valence-corrected chi connectivity index (χ2v) is 14.2. The molecule has 1 aliphatic carbocycles. The molecule has 2 N–H and O–H groups in total. The van der Waals surface area contributed by atoms with Crippen molar-refractivity contribution in [1.29, 1.82) is 0 Å². The molecule has 1 saturated carbocycles.